The van der Waals surface area contributed by atoms with Gasteiger partial charge in [-0.1, -0.05) is 0 Å². The average molecular weight is 361 g/mol. The van der Waals surface area contributed by atoms with Crippen LogP contribution in [0.25, 0.3) is 0 Å². The van der Waals surface area contributed by atoms with E-state index in [4.69, 9.17) is 23.7 Å². The fourth-order valence-corrected chi connectivity index (χ4v) is 3.22. The Labute approximate surface area is 145 Å². The maximum Gasteiger partial charge on any atom is 0.339 e. The van der Waals surface area contributed by atoms with Crippen LogP contribution >= 0.6 is 0 Å². The summed E-state index contributed by atoms with van der Waals surface area (Å²) >= 11 is 0. The predicted octanol–water partition coefficient (Wildman–Crippen LogP) is 2.50. The predicted molar refractivity (Wildman–Crippen MR) is 87.6 cm³/mol. The van der Waals surface area contributed by atoms with Gasteiger partial charge in [0, 0.05) is 12.1 Å². The zero-order valence-electron chi connectivity index (χ0n) is 13.4. The minimum Gasteiger partial charge on any atom is -0.490 e. The van der Waals surface area contributed by atoms with Crippen molar-refractivity contribution in [2.75, 3.05) is 19.8 Å². The van der Waals surface area contributed by atoms with E-state index in [2.05, 4.69) is 0 Å². The van der Waals surface area contributed by atoms with Gasteiger partial charge in [0.25, 0.3) is 0 Å². The highest BCUT2D eigenvalue weighted by Gasteiger charge is 2.23. The van der Waals surface area contributed by atoms with Crippen molar-refractivity contribution in [3.8, 4) is 29.1 Å². The Hall–Kier alpha value is -2.92. The summed E-state index contributed by atoms with van der Waals surface area (Å²) in [5, 5.41) is 8.95. The van der Waals surface area contributed by atoms with Gasteiger partial charge in [0.2, 0.25) is 0 Å². The van der Waals surface area contributed by atoms with E-state index in [-0.39, 0.29) is 16.4 Å². The van der Waals surface area contributed by atoms with Crippen LogP contribution in [-0.2, 0) is 10.1 Å². The normalized spacial score (nSPS) is 13.0. The molecule has 3 rings (SSSR count). The maximum absolute atomic E-state index is 12.6. The molecule has 0 aromatic heterocycles. The summed E-state index contributed by atoms with van der Waals surface area (Å²) in [7, 11) is -4.11. The molecule has 0 fully saturated rings. The Morgan fingerprint density at radius 3 is 2.56 bits per heavy atom. The van der Waals surface area contributed by atoms with E-state index in [9.17, 15) is 8.42 Å². The number of fused-ring (bicyclic) bond motifs is 1. The van der Waals surface area contributed by atoms with Gasteiger partial charge in [0.05, 0.1) is 18.2 Å². The van der Waals surface area contributed by atoms with Crippen molar-refractivity contribution in [3.05, 3.63) is 42.0 Å². The van der Waals surface area contributed by atoms with Crippen LogP contribution in [0.1, 0.15) is 12.5 Å². The van der Waals surface area contributed by atoms with Gasteiger partial charge < -0.3 is 18.4 Å². The van der Waals surface area contributed by atoms with E-state index >= 15 is 0 Å². The lowest BCUT2D eigenvalue weighted by Gasteiger charge is -2.19. The van der Waals surface area contributed by atoms with Gasteiger partial charge in [-0.25, -0.2) is 0 Å². The molecule has 2 aromatic carbocycles. The summed E-state index contributed by atoms with van der Waals surface area (Å²) in [5.41, 5.74) is 0.340. The topological polar surface area (TPSA) is 94.9 Å². The Kier molecular flexibility index (Phi) is 4.67. The highest BCUT2D eigenvalue weighted by Crippen LogP contribution is 2.35. The molecule has 7 nitrogen and oxygen atoms in total. The molecular weight excluding hydrogens is 346 g/mol. The first-order valence-electron chi connectivity index (χ1n) is 7.54. The largest absolute Gasteiger partial charge is 0.490 e. The van der Waals surface area contributed by atoms with Crippen molar-refractivity contribution in [3.63, 3.8) is 0 Å². The molecule has 130 valence electrons. The number of rotatable bonds is 5. The van der Waals surface area contributed by atoms with Crippen LogP contribution in [0.5, 0.6) is 23.0 Å². The molecule has 0 saturated heterocycles. The van der Waals surface area contributed by atoms with Gasteiger partial charge in [-0.05, 0) is 31.2 Å². The molecule has 0 N–H and O–H groups in total. The summed E-state index contributed by atoms with van der Waals surface area (Å²) in [6.07, 6.45) is 0. The number of hydrogen-bond donors (Lipinski definition) is 0. The van der Waals surface area contributed by atoms with E-state index in [1.54, 1.807) is 6.92 Å². The second kappa shape index (κ2) is 6.91. The fourth-order valence-electron chi connectivity index (χ4n) is 2.26. The van der Waals surface area contributed by atoms with E-state index < -0.39 is 10.1 Å². The molecule has 0 unspecified atom stereocenters. The zero-order chi connectivity index (χ0) is 17.9. The monoisotopic (exact) mass is 361 g/mol. The Balaban J connectivity index is 1.93. The molecular formula is C17H15NO6S. The summed E-state index contributed by atoms with van der Waals surface area (Å²) in [6.45, 7) is 2.81. The molecule has 2 aromatic rings. The smallest absolute Gasteiger partial charge is 0.339 e. The van der Waals surface area contributed by atoms with Crippen molar-refractivity contribution in [1.29, 1.82) is 5.26 Å². The van der Waals surface area contributed by atoms with Crippen LogP contribution in [0, 0.1) is 11.3 Å². The number of nitrogens with zero attached hydrogens (tertiary/aromatic N) is 1. The van der Waals surface area contributed by atoms with Crippen LogP contribution in [0.15, 0.2) is 41.3 Å². The summed E-state index contributed by atoms with van der Waals surface area (Å²) in [4.78, 5) is -0.0661. The fraction of sp³-hybridized carbons (Fsp3) is 0.235. The first-order chi connectivity index (χ1) is 12.0. The van der Waals surface area contributed by atoms with E-state index in [1.165, 1.54) is 36.4 Å². The van der Waals surface area contributed by atoms with E-state index in [1.807, 2.05) is 6.07 Å². The summed E-state index contributed by atoms with van der Waals surface area (Å²) in [6, 6.07) is 10.5. The quantitative estimate of drug-likeness (QED) is 0.755. The van der Waals surface area contributed by atoms with Crippen molar-refractivity contribution >= 4 is 10.1 Å². The molecule has 0 saturated carbocycles. The van der Waals surface area contributed by atoms with Gasteiger partial charge in [0.1, 0.15) is 18.1 Å². The van der Waals surface area contributed by atoms with E-state index in [0.29, 0.717) is 36.9 Å². The van der Waals surface area contributed by atoms with Crippen molar-refractivity contribution in [2.24, 2.45) is 0 Å². The third kappa shape index (κ3) is 3.61. The van der Waals surface area contributed by atoms with Crippen LogP contribution in [0.3, 0.4) is 0 Å². The minimum absolute atomic E-state index is 0.00994. The second-order valence-corrected chi connectivity index (χ2v) is 6.60. The third-order valence-electron chi connectivity index (χ3n) is 3.37. The van der Waals surface area contributed by atoms with Crippen LogP contribution in [0.2, 0.25) is 0 Å². The lowest BCUT2D eigenvalue weighted by molar-refractivity contribution is 0.171. The Bertz CT molecular complexity index is 933. The number of hydrogen-bond acceptors (Lipinski definition) is 7. The SMILES string of the molecule is CCOc1cc(C#N)ccc1OS(=O)(=O)c1ccc2c(c1)OCCO2. The van der Waals surface area contributed by atoms with Crippen LogP contribution < -0.4 is 18.4 Å². The maximum atomic E-state index is 12.6. The molecule has 1 heterocycles. The van der Waals surface area contributed by atoms with E-state index in [0.717, 1.165) is 0 Å². The standard InChI is InChI=1S/C17H15NO6S/c1-2-21-16-9-12(11-18)3-5-15(16)24-25(19,20)13-4-6-14-17(10-13)23-8-7-22-14/h3-6,9-10H,2,7-8H2,1H3. The van der Waals surface area contributed by atoms with Gasteiger partial charge in [0.15, 0.2) is 23.0 Å². The van der Waals surface area contributed by atoms with Gasteiger partial charge >= 0.3 is 10.1 Å². The lowest BCUT2D eigenvalue weighted by Crippen LogP contribution is -2.16. The molecule has 1 aliphatic heterocycles. The summed E-state index contributed by atoms with van der Waals surface area (Å²) < 4.78 is 46.5. The molecule has 0 amide bonds. The molecule has 0 bridgehead atoms. The van der Waals surface area contributed by atoms with Crippen molar-refractivity contribution in [1.82, 2.24) is 0 Å². The summed E-state index contributed by atoms with van der Waals surface area (Å²) in [5.74, 6) is 1.03. The second-order valence-electron chi connectivity index (χ2n) is 5.05. The number of benzene rings is 2. The Morgan fingerprint density at radius 1 is 1.08 bits per heavy atom. The molecule has 0 atom stereocenters. The third-order valence-corrected chi connectivity index (χ3v) is 4.60. The minimum atomic E-state index is -4.11. The number of ether oxygens (including phenoxy) is 3. The molecule has 0 spiro atoms. The highest BCUT2D eigenvalue weighted by molar-refractivity contribution is 7.87. The first kappa shape index (κ1) is 16.9. The highest BCUT2D eigenvalue weighted by atomic mass is 32.2. The lowest BCUT2D eigenvalue weighted by atomic mass is 10.2. The van der Waals surface area contributed by atoms with Crippen LogP contribution in [-0.4, -0.2) is 28.2 Å². The van der Waals surface area contributed by atoms with Crippen molar-refractivity contribution < 1.29 is 26.8 Å². The molecule has 0 aliphatic carbocycles. The molecule has 0 radical (unpaired) electrons. The van der Waals surface area contributed by atoms with Crippen molar-refractivity contribution in [2.45, 2.75) is 11.8 Å². The number of nitriles is 1. The van der Waals surface area contributed by atoms with Gasteiger partial charge in [-0.3, -0.25) is 0 Å². The Morgan fingerprint density at radius 2 is 1.84 bits per heavy atom. The first-order valence-corrected chi connectivity index (χ1v) is 8.95. The zero-order valence-corrected chi connectivity index (χ0v) is 14.2. The van der Waals surface area contributed by atoms with Crippen LogP contribution in [0.4, 0.5) is 0 Å². The molecule has 1 aliphatic rings. The van der Waals surface area contributed by atoms with Gasteiger partial charge in [-0.15, -0.1) is 0 Å². The molecule has 8 heteroatoms. The molecule has 25 heavy (non-hydrogen) atoms. The average Bonchev–Trinajstić information content (AvgIpc) is 2.62. The van der Waals surface area contributed by atoms with Gasteiger partial charge in [-0.2, -0.15) is 13.7 Å².